The molecular formula is C49H70O10. The van der Waals surface area contributed by atoms with E-state index < -0.39 is 68.6 Å². The molecule has 0 aromatic carbocycles. The van der Waals surface area contributed by atoms with Gasteiger partial charge in [0.15, 0.2) is 12.4 Å². The lowest BCUT2D eigenvalue weighted by molar-refractivity contribution is -0.305. The molecule has 2 aliphatic carbocycles. The molecule has 6 atom stereocenters. The maximum absolute atomic E-state index is 13.0. The fourth-order valence-corrected chi connectivity index (χ4v) is 7.67. The number of allylic oxidation sites excluding steroid dienone is 18. The van der Waals surface area contributed by atoms with Crippen molar-refractivity contribution >= 4 is 11.9 Å². The molecule has 0 amide bonds. The molecule has 0 aromatic rings. The highest BCUT2D eigenvalue weighted by atomic mass is 16.7. The summed E-state index contributed by atoms with van der Waals surface area (Å²) in [6.45, 7) is 19.7. The number of ether oxygens (including phenoxy) is 4. The van der Waals surface area contributed by atoms with Gasteiger partial charge in [-0.3, -0.25) is 0 Å². The summed E-state index contributed by atoms with van der Waals surface area (Å²) in [5.41, 5.74) is 9.29. The van der Waals surface area contributed by atoms with E-state index in [9.17, 15) is 30.0 Å². The summed E-state index contributed by atoms with van der Waals surface area (Å²) in [5.74, 6) is -1.40. The molecule has 1 aliphatic heterocycles. The van der Waals surface area contributed by atoms with Gasteiger partial charge in [-0.25, -0.2) is 9.59 Å². The Morgan fingerprint density at radius 1 is 0.712 bits per heavy atom. The number of carbonyl (C=O) groups excluding carboxylic acids is 2. The van der Waals surface area contributed by atoms with E-state index in [2.05, 4.69) is 65.8 Å². The first kappa shape index (κ1) is 49.5. The highest BCUT2D eigenvalue weighted by Gasteiger charge is 2.44. The van der Waals surface area contributed by atoms with Crippen LogP contribution in [-0.2, 0) is 28.5 Å². The van der Waals surface area contributed by atoms with Gasteiger partial charge in [-0.05, 0) is 113 Å². The van der Waals surface area contributed by atoms with Crippen molar-refractivity contribution in [2.75, 3.05) is 19.8 Å². The van der Waals surface area contributed by atoms with E-state index in [0.29, 0.717) is 11.1 Å². The second-order valence-electron chi connectivity index (χ2n) is 17.6. The largest absolute Gasteiger partial charge is 0.458 e. The fraction of sp³-hybridized carbons (Fsp3) is 0.551. The summed E-state index contributed by atoms with van der Waals surface area (Å²) in [5, 5.41) is 40.3. The Morgan fingerprint density at radius 3 is 1.68 bits per heavy atom. The molecule has 0 bridgehead atoms. The predicted molar refractivity (Wildman–Crippen MR) is 233 cm³/mol. The molecule has 59 heavy (non-hydrogen) atoms. The summed E-state index contributed by atoms with van der Waals surface area (Å²) in [6, 6.07) is 0. The summed E-state index contributed by atoms with van der Waals surface area (Å²) < 4.78 is 22.1. The number of aliphatic hydroxyl groups is 4. The first-order chi connectivity index (χ1) is 27.7. The van der Waals surface area contributed by atoms with Gasteiger partial charge in [-0.1, -0.05) is 111 Å². The molecule has 10 nitrogen and oxygen atoms in total. The molecule has 326 valence electrons. The molecule has 0 radical (unpaired) electrons. The third kappa shape index (κ3) is 15.9. The Balaban J connectivity index is 1.66. The van der Waals surface area contributed by atoms with Crippen molar-refractivity contribution in [3.05, 3.63) is 117 Å². The Bertz CT molecular complexity index is 1770. The van der Waals surface area contributed by atoms with E-state index in [0.717, 1.165) is 30.4 Å². The van der Waals surface area contributed by atoms with Crippen molar-refractivity contribution in [1.82, 2.24) is 0 Å². The Morgan fingerprint density at radius 2 is 1.20 bits per heavy atom. The molecule has 3 aliphatic rings. The van der Waals surface area contributed by atoms with Crippen molar-refractivity contribution < 1.29 is 49.0 Å². The minimum atomic E-state index is -1.66. The molecule has 3 rings (SSSR count). The van der Waals surface area contributed by atoms with Crippen LogP contribution in [0.4, 0.5) is 0 Å². The lowest BCUT2D eigenvalue weighted by Crippen LogP contribution is -2.59. The molecule has 3 unspecified atom stereocenters. The fourth-order valence-electron chi connectivity index (χ4n) is 7.67. The van der Waals surface area contributed by atoms with Crippen molar-refractivity contribution in [2.45, 2.75) is 145 Å². The third-order valence-electron chi connectivity index (χ3n) is 11.2. The van der Waals surface area contributed by atoms with Gasteiger partial charge < -0.3 is 39.4 Å². The minimum absolute atomic E-state index is 0.149. The van der Waals surface area contributed by atoms with Crippen LogP contribution in [0.5, 0.6) is 0 Å². The minimum Gasteiger partial charge on any atom is -0.458 e. The van der Waals surface area contributed by atoms with Crippen molar-refractivity contribution in [2.24, 2.45) is 10.8 Å². The molecule has 0 spiro atoms. The van der Waals surface area contributed by atoms with Gasteiger partial charge in [-0.15, -0.1) is 0 Å². The highest BCUT2D eigenvalue weighted by Crippen LogP contribution is 2.42. The topological polar surface area (TPSA) is 152 Å². The van der Waals surface area contributed by atoms with Crippen LogP contribution >= 0.6 is 0 Å². The van der Waals surface area contributed by atoms with Gasteiger partial charge in [0.25, 0.3) is 0 Å². The Hall–Kier alpha value is -3.90. The van der Waals surface area contributed by atoms with Crippen LogP contribution in [0.1, 0.15) is 108 Å². The van der Waals surface area contributed by atoms with Gasteiger partial charge in [0.1, 0.15) is 31.0 Å². The van der Waals surface area contributed by atoms with E-state index in [1.165, 1.54) is 53.7 Å². The number of esters is 2. The van der Waals surface area contributed by atoms with Crippen LogP contribution in [0.25, 0.3) is 0 Å². The Labute approximate surface area is 352 Å². The van der Waals surface area contributed by atoms with Gasteiger partial charge in [0.05, 0.1) is 13.2 Å². The van der Waals surface area contributed by atoms with Gasteiger partial charge in [-0.2, -0.15) is 0 Å². The molecule has 0 aromatic heterocycles. The third-order valence-corrected chi connectivity index (χ3v) is 11.2. The average molecular weight is 819 g/mol. The maximum atomic E-state index is 13.0. The molecular weight excluding hydrogens is 749 g/mol. The van der Waals surface area contributed by atoms with Crippen LogP contribution in [-0.4, -0.2) is 89.0 Å². The van der Waals surface area contributed by atoms with Crippen molar-refractivity contribution in [1.29, 1.82) is 0 Å². The normalized spacial score (nSPS) is 26.8. The van der Waals surface area contributed by atoms with Crippen LogP contribution in [0.15, 0.2) is 117 Å². The second kappa shape index (κ2) is 23.2. The summed E-state index contributed by atoms with van der Waals surface area (Å²) in [4.78, 5) is 25.9. The van der Waals surface area contributed by atoms with Crippen molar-refractivity contribution in [3.63, 3.8) is 0 Å². The summed E-state index contributed by atoms with van der Waals surface area (Å²) in [7, 11) is 0. The standard InChI is InChI=1S/C49H70O10/c1-32(21-23-39-36(5)19-13-25-48(39,7)8)15-11-17-34(3)27-42(51)56-30-38(31-57-47-46(55)45(54)44(53)41(29-50)59-47)58-43(52)28-35(4)18-12-16-33(2)22-24-40-37(6)20-14-26-49(40,9)10/h11-12,15-18,21-24,27-28,38,41,44-47,50,53-55H,13-14,19-20,25-26,29-31H2,1-10H3/t38?,41?,44-,45+,46?,47-/m1/s1. The zero-order valence-electron chi connectivity index (χ0n) is 37.0. The van der Waals surface area contributed by atoms with Gasteiger partial charge in [0, 0.05) is 12.2 Å². The smallest absolute Gasteiger partial charge is 0.331 e. The number of aliphatic hydroxyl groups excluding tert-OH is 4. The SMILES string of the molecule is CC(C=CC1=C(C)CCCC1(C)C)=CC=CC(C)=CC(=O)OCC(CO[C@@H]1OC(CO)[C@@H](O)[C@H](O)C1O)OC(=O)C=C(C)C=CC=C(C)C=CC1=C(C)CCCC1(C)C. The van der Waals surface area contributed by atoms with E-state index >= 15 is 0 Å². The summed E-state index contributed by atoms with van der Waals surface area (Å²) in [6.07, 6.45) is 20.8. The van der Waals surface area contributed by atoms with E-state index in [4.69, 9.17) is 18.9 Å². The molecule has 0 saturated carbocycles. The molecule has 1 heterocycles. The zero-order valence-corrected chi connectivity index (χ0v) is 37.0. The predicted octanol–water partition coefficient (Wildman–Crippen LogP) is 8.32. The first-order valence-corrected chi connectivity index (χ1v) is 20.9. The molecule has 1 fully saturated rings. The quantitative estimate of drug-likeness (QED) is 0.0641. The van der Waals surface area contributed by atoms with E-state index in [1.807, 2.05) is 38.2 Å². The molecule has 4 N–H and O–H groups in total. The van der Waals surface area contributed by atoms with Crippen LogP contribution in [0.3, 0.4) is 0 Å². The van der Waals surface area contributed by atoms with E-state index in [-0.39, 0.29) is 10.8 Å². The van der Waals surface area contributed by atoms with Crippen LogP contribution in [0.2, 0.25) is 0 Å². The lowest BCUT2D eigenvalue weighted by Gasteiger charge is -2.39. The summed E-state index contributed by atoms with van der Waals surface area (Å²) >= 11 is 0. The number of rotatable bonds is 17. The average Bonchev–Trinajstić information content (AvgIpc) is 3.14. The Kier molecular flexibility index (Phi) is 19.4. The number of hydrogen-bond acceptors (Lipinski definition) is 10. The van der Waals surface area contributed by atoms with Crippen LogP contribution < -0.4 is 0 Å². The second-order valence-corrected chi connectivity index (χ2v) is 17.6. The number of hydrogen-bond donors (Lipinski definition) is 4. The van der Waals surface area contributed by atoms with Crippen LogP contribution in [0, 0.1) is 10.8 Å². The van der Waals surface area contributed by atoms with E-state index in [1.54, 1.807) is 26.0 Å². The van der Waals surface area contributed by atoms with Crippen molar-refractivity contribution in [3.8, 4) is 0 Å². The first-order valence-electron chi connectivity index (χ1n) is 20.9. The molecule has 1 saturated heterocycles. The lowest BCUT2D eigenvalue weighted by atomic mass is 9.72. The van der Waals surface area contributed by atoms with Gasteiger partial charge in [0.2, 0.25) is 0 Å². The molecule has 10 heteroatoms. The maximum Gasteiger partial charge on any atom is 0.331 e. The zero-order chi connectivity index (χ0) is 43.9. The van der Waals surface area contributed by atoms with Gasteiger partial charge >= 0.3 is 11.9 Å². The highest BCUT2D eigenvalue weighted by molar-refractivity contribution is 5.84. The monoisotopic (exact) mass is 818 g/mol. The number of carbonyl (C=O) groups is 2.